The predicted octanol–water partition coefficient (Wildman–Crippen LogP) is 2.55. The van der Waals surface area contributed by atoms with Crippen molar-refractivity contribution in [3.05, 3.63) is 35.4 Å². The summed E-state index contributed by atoms with van der Waals surface area (Å²) < 4.78 is 0. The first-order valence-corrected chi connectivity index (χ1v) is 7.73. The first-order valence-electron chi connectivity index (χ1n) is 7.73. The van der Waals surface area contributed by atoms with Crippen LogP contribution in [0.3, 0.4) is 0 Å². The van der Waals surface area contributed by atoms with E-state index >= 15 is 0 Å². The second kappa shape index (κ2) is 7.80. The van der Waals surface area contributed by atoms with Crippen molar-refractivity contribution >= 4 is 5.91 Å². The number of piperidine rings is 1. The Balaban J connectivity index is 1.70. The van der Waals surface area contributed by atoms with Crippen LogP contribution in [-0.4, -0.2) is 36.5 Å². The summed E-state index contributed by atoms with van der Waals surface area (Å²) >= 11 is 0. The molecule has 0 spiro atoms. The van der Waals surface area contributed by atoms with Gasteiger partial charge in [-0.15, -0.1) is 0 Å². The lowest BCUT2D eigenvalue weighted by Gasteiger charge is -2.33. The summed E-state index contributed by atoms with van der Waals surface area (Å²) in [5.74, 6) is -0.0637. The van der Waals surface area contributed by atoms with Crippen LogP contribution < -0.4 is 5.32 Å². The number of benzene rings is 1. The molecule has 1 fully saturated rings. The van der Waals surface area contributed by atoms with Gasteiger partial charge in [-0.2, -0.15) is 5.26 Å². The molecule has 1 atom stereocenters. The maximum absolute atomic E-state index is 12.0. The van der Waals surface area contributed by atoms with Gasteiger partial charge >= 0.3 is 0 Å². The molecule has 112 valence electrons. The molecule has 0 radical (unpaired) electrons. The number of carbonyl (C=O) groups is 1. The molecule has 1 N–H and O–H groups in total. The van der Waals surface area contributed by atoms with E-state index in [0.717, 1.165) is 13.0 Å². The van der Waals surface area contributed by atoms with Gasteiger partial charge in [0, 0.05) is 24.7 Å². The number of likely N-dealkylation sites (tertiary alicyclic amines) is 1. The smallest absolute Gasteiger partial charge is 0.251 e. The van der Waals surface area contributed by atoms with Gasteiger partial charge in [0.15, 0.2) is 0 Å². The molecule has 0 saturated carbocycles. The maximum atomic E-state index is 12.0. The van der Waals surface area contributed by atoms with Crippen LogP contribution in [-0.2, 0) is 0 Å². The minimum absolute atomic E-state index is 0.0637. The van der Waals surface area contributed by atoms with Crippen LogP contribution in [0.4, 0.5) is 0 Å². The van der Waals surface area contributed by atoms with Crippen LogP contribution in [0.5, 0.6) is 0 Å². The Morgan fingerprint density at radius 2 is 2.14 bits per heavy atom. The Kier molecular flexibility index (Phi) is 5.77. The van der Waals surface area contributed by atoms with Crippen molar-refractivity contribution in [2.45, 2.75) is 38.6 Å². The highest BCUT2D eigenvalue weighted by Gasteiger charge is 2.17. The first-order chi connectivity index (χ1) is 10.2. The highest BCUT2D eigenvalue weighted by Crippen LogP contribution is 2.16. The van der Waals surface area contributed by atoms with E-state index in [-0.39, 0.29) is 5.91 Å². The molecule has 1 amide bonds. The van der Waals surface area contributed by atoms with E-state index in [1.165, 1.54) is 25.8 Å². The fraction of sp³-hybridized carbons (Fsp3) is 0.529. The van der Waals surface area contributed by atoms with Crippen molar-refractivity contribution in [1.82, 2.24) is 10.2 Å². The van der Waals surface area contributed by atoms with Gasteiger partial charge in [-0.3, -0.25) is 4.79 Å². The Labute approximate surface area is 126 Å². The van der Waals surface area contributed by atoms with Gasteiger partial charge < -0.3 is 10.2 Å². The topological polar surface area (TPSA) is 56.1 Å². The quantitative estimate of drug-likeness (QED) is 0.846. The van der Waals surface area contributed by atoms with Crippen LogP contribution in [0, 0.1) is 11.3 Å². The number of amides is 1. The molecule has 0 aromatic heterocycles. The monoisotopic (exact) mass is 285 g/mol. The zero-order valence-corrected chi connectivity index (χ0v) is 12.6. The third-order valence-electron chi connectivity index (χ3n) is 4.12. The van der Waals surface area contributed by atoms with E-state index in [1.54, 1.807) is 24.3 Å². The fourth-order valence-corrected chi connectivity index (χ4v) is 2.77. The summed E-state index contributed by atoms with van der Waals surface area (Å²) in [6.45, 7) is 5.22. The summed E-state index contributed by atoms with van der Waals surface area (Å²) in [5.41, 5.74) is 1.19. The van der Waals surface area contributed by atoms with Gasteiger partial charge in [0.1, 0.15) is 0 Å². The SMILES string of the molecule is CC1CCCCN1CCCNC(=O)c1ccc(C#N)cc1. The number of nitriles is 1. The van der Waals surface area contributed by atoms with Crippen LogP contribution in [0.1, 0.15) is 48.5 Å². The van der Waals surface area contributed by atoms with Crippen molar-refractivity contribution in [3.63, 3.8) is 0 Å². The summed E-state index contributed by atoms with van der Waals surface area (Å²) in [4.78, 5) is 14.5. The lowest BCUT2D eigenvalue weighted by atomic mass is 10.0. The molecule has 21 heavy (non-hydrogen) atoms. The van der Waals surface area contributed by atoms with Crippen molar-refractivity contribution in [1.29, 1.82) is 5.26 Å². The molecule has 0 aliphatic carbocycles. The number of hydrogen-bond donors (Lipinski definition) is 1. The Morgan fingerprint density at radius 1 is 1.38 bits per heavy atom. The summed E-state index contributed by atoms with van der Waals surface area (Å²) in [5, 5.41) is 11.7. The van der Waals surface area contributed by atoms with Crippen molar-refractivity contribution in [2.24, 2.45) is 0 Å². The fourth-order valence-electron chi connectivity index (χ4n) is 2.77. The zero-order valence-electron chi connectivity index (χ0n) is 12.6. The van der Waals surface area contributed by atoms with Crippen LogP contribution in [0.15, 0.2) is 24.3 Å². The summed E-state index contributed by atoms with van der Waals surface area (Å²) in [6, 6.07) is 9.45. The minimum Gasteiger partial charge on any atom is -0.352 e. The first kappa shape index (κ1) is 15.5. The Morgan fingerprint density at radius 3 is 2.81 bits per heavy atom. The third-order valence-corrected chi connectivity index (χ3v) is 4.12. The molecule has 0 bridgehead atoms. The Bertz CT molecular complexity index is 504. The molecule has 1 saturated heterocycles. The van der Waals surface area contributed by atoms with E-state index < -0.39 is 0 Å². The molecule has 1 aromatic carbocycles. The number of carbonyl (C=O) groups excluding carboxylic acids is 1. The van der Waals surface area contributed by atoms with Gasteiger partial charge in [0.05, 0.1) is 11.6 Å². The van der Waals surface area contributed by atoms with Crippen molar-refractivity contribution in [2.75, 3.05) is 19.6 Å². The summed E-state index contributed by atoms with van der Waals surface area (Å²) in [7, 11) is 0. The predicted molar refractivity (Wildman–Crippen MR) is 83.0 cm³/mol. The van der Waals surface area contributed by atoms with E-state index in [2.05, 4.69) is 17.1 Å². The van der Waals surface area contributed by atoms with E-state index in [0.29, 0.717) is 23.7 Å². The number of nitrogens with one attached hydrogen (secondary N) is 1. The van der Waals surface area contributed by atoms with Gasteiger partial charge in [0.25, 0.3) is 5.91 Å². The molecule has 1 aliphatic heterocycles. The second-order valence-corrected chi connectivity index (χ2v) is 5.68. The molecular weight excluding hydrogens is 262 g/mol. The summed E-state index contributed by atoms with van der Waals surface area (Å²) in [6.07, 6.45) is 4.90. The normalized spacial score (nSPS) is 19.0. The van der Waals surface area contributed by atoms with Gasteiger partial charge in [-0.05, 0) is 57.0 Å². The minimum atomic E-state index is -0.0637. The number of hydrogen-bond acceptors (Lipinski definition) is 3. The van der Waals surface area contributed by atoms with Crippen LogP contribution >= 0.6 is 0 Å². The largest absolute Gasteiger partial charge is 0.352 e. The van der Waals surface area contributed by atoms with E-state index in [4.69, 9.17) is 5.26 Å². The van der Waals surface area contributed by atoms with Crippen LogP contribution in [0.2, 0.25) is 0 Å². The van der Waals surface area contributed by atoms with Gasteiger partial charge in [-0.25, -0.2) is 0 Å². The molecule has 1 unspecified atom stereocenters. The van der Waals surface area contributed by atoms with Gasteiger partial charge in [0.2, 0.25) is 0 Å². The molecule has 2 rings (SSSR count). The number of rotatable bonds is 5. The zero-order chi connectivity index (χ0) is 15.1. The third kappa shape index (κ3) is 4.57. The van der Waals surface area contributed by atoms with Crippen molar-refractivity contribution in [3.8, 4) is 6.07 Å². The Hall–Kier alpha value is -1.86. The average Bonchev–Trinajstić information content (AvgIpc) is 2.53. The molecular formula is C17H23N3O. The van der Waals surface area contributed by atoms with Crippen molar-refractivity contribution < 1.29 is 4.79 Å². The van der Waals surface area contributed by atoms with Gasteiger partial charge in [-0.1, -0.05) is 6.42 Å². The highest BCUT2D eigenvalue weighted by atomic mass is 16.1. The average molecular weight is 285 g/mol. The molecule has 1 heterocycles. The lowest BCUT2D eigenvalue weighted by Crippen LogP contribution is -2.39. The second-order valence-electron chi connectivity index (χ2n) is 5.68. The van der Waals surface area contributed by atoms with E-state index in [1.807, 2.05) is 6.07 Å². The lowest BCUT2D eigenvalue weighted by molar-refractivity contribution is 0.0949. The molecule has 1 aromatic rings. The highest BCUT2D eigenvalue weighted by molar-refractivity contribution is 5.94. The molecule has 4 nitrogen and oxygen atoms in total. The van der Waals surface area contributed by atoms with E-state index in [9.17, 15) is 4.79 Å². The maximum Gasteiger partial charge on any atom is 0.251 e. The van der Waals surface area contributed by atoms with Crippen LogP contribution in [0.25, 0.3) is 0 Å². The molecule has 1 aliphatic rings. The molecule has 4 heteroatoms. The number of nitrogens with zero attached hydrogens (tertiary/aromatic N) is 2. The standard InChI is InChI=1S/C17H23N3O/c1-14-5-2-3-11-20(14)12-4-10-19-17(21)16-8-6-15(13-18)7-9-16/h6-9,14H,2-5,10-12H2,1H3,(H,19,21).